The van der Waals surface area contributed by atoms with E-state index >= 15 is 0 Å². The van der Waals surface area contributed by atoms with E-state index in [0.717, 1.165) is 30.9 Å². The van der Waals surface area contributed by atoms with E-state index in [1.807, 2.05) is 28.9 Å². The molecule has 2 heterocycles. The van der Waals surface area contributed by atoms with Crippen LogP contribution in [0.15, 0.2) is 30.5 Å². The van der Waals surface area contributed by atoms with Gasteiger partial charge in [0.2, 0.25) is 0 Å². The quantitative estimate of drug-likeness (QED) is 0.806. The molecule has 1 aliphatic heterocycles. The lowest BCUT2D eigenvalue weighted by Gasteiger charge is -2.20. The molecule has 0 unspecified atom stereocenters. The average Bonchev–Trinajstić information content (AvgIpc) is 2.81. The Balaban J connectivity index is 1.92. The van der Waals surface area contributed by atoms with Crippen molar-refractivity contribution in [1.29, 1.82) is 0 Å². The largest absolute Gasteiger partial charge is 0.497 e. The zero-order valence-corrected chi connectivity index (χ0v) is 10.8. The van der Waals surface area contributed by atoms with E-state index in [1.165, 1.54) is 11.3 Å². The Morgan fingerprint density at radius 1 is 1.22 bits per heavy atom. The highest BCUT2D eigenvalue weighted by molar-refractivity contribution is 5.38. The van der Waals surface area contributed by atoms with Crippen molar-refractivity contribution < 1.29 is 4.74 Å². The molecule has 18 heavy (non-hydrogen) atoms. The number of nitrogens with zero attached hydrogens (tertiary/aromatic N) is 3. The molecule has 0 aliphatic carbocycles. The van der Waals surface area contributed by atoms with Gasteiger partial charge in [-0.1, -0.05) is 0 Å². The summed E-state index contributed by atoms with van der Waals surface area (Å²) in [5, 5.41) is 4.66. The molecule has 0 radical (unpaired) electrons. The highest BCUT2D eigenvalue weighted by Crippen LogP contribution is 2.20. The Hall–Kier alpha value is -1.81. The lowest BCUT2D eigenvalue weighted by molar-refractivity contribution is 0.311. The summed E-state index contributed by atoms with van der Waals surface area (Å²) in [4.78, 5) is 2.32. The highest BCUT2D eigenvalue weighted by Gasteiger charge is 2.17. The predicted octanol–water partition coefficient (Wildman–Crippen LogP) is 1.87. The zero-order chi connectivity index (χ0) is 12.5. The molecule has 4 nitrogen and oxygen atoms in total. The van der Waals surface area contributed by atoms with Crippen molar-refractivity contribution in [3.05, 3.63) is 41.7 Å². The van der Waals surface area contributed by atoms with E-state index in [2.05, 4.69) is 23.2 Å². The fourth-order valence-corrected chi connectivity index (χ4v) is 2.32. The summed E-state index contributed by atoms with van der Waals surface area (Å²) < 4.78 is 7.13. The number of benzene rings is 1. The molecular weight excluding hydrogens is 226 g/mol. The molecule has 0 N–H and O–H groups in total. The van der Waals surface area contributed by atoms with Crippen LogP contribution >= 0.6 is 0 Å². The summed E-state index contributed by atoms with van der Waals surface area (Å²) in [6.45, 7) is 2.08. The van der Waals surface area contributed by atoms with Crippen LogP contribution in [0.25, 0.3) is 5.69 Å². The second kappa shape index (κ2) is 4.46. The highest BCUT2D eigenvalue weighted by atomic mass is 16.5. The summed E-state index contributed by atoms with van der Waals surface area (Å²) >= 11 is 0. The Kier molecular flexibility index (Phi) is 2.80. The van der Waals surface area contributed by atoms with Crippen molar-refractivity contribution in [2.45, 2.75) is 13.0 Å². The zero-order valence-electron chi connectivity index (χ0n) is 10.8. The lowest BCUT2D eigenvalue weighted by atomic mass is 10.1. The van der Waals surface area contributed by atoms with E-state index in [9.17, 15) is 0 Å². The van der Waals surface area contributed by atoms with Crippen LogP contribution in [-0.4, -0.2) is 35.4 Å². The third kappa shape index (κ3) is 1.99. The summed E-state index contributed by atoms with van der Waals surface area (Å²) in [6.07, 6.45) is 3.17. The molecule has 0 spiro atoms. The number of aromatic nitrogens is 2. The monoisotopic (exact) mass is 243 g/mol. The van der Waals surface area contributed by atoms with Crippen molar-refractivity contribution in [2.24, 2.45) is 0 Å². The first-order valence-corrected chi connectivity index (χ1v) is 6.16. The van der Waals surface area contributed by atoms with Crippen LogP contribution in [0.4, 0.5) is 0 Å². The summed E-state index contributed by atoms with van der Waals surface area (Å²) in [5.74, 6) is 0.871. The van der Waals surface area contributed by atoms with Gasteiger partial charge in [-0.2, -0.15) is 5.10 Å². The molecule has 1 aliphatic rings. The van der Waals surface area contributed by atoms with Gasteiger partial charge in [0, 0.05) is 31.3 Å². The van der Waals surface area contributed by atoms with Crippen LogP contribution in [-0.2, 0) is 13.0 Å². The first-order chi connectivity index (χ1) is 8.76. The van der Waals surface area contributed by atoms with E-state index in [-0.39, 0.29) is 0 Å². The number of methoxy groups -OCH3 is 1. The standard InChI is InChI=1S/C14H17N3O/c1-16-8-7-14-11(9-16)10-17(15-14)12-3-5-13(18-2)6-4-12/h3-6,10H,7-9H2,1-2H3. The maximum atomic E-state index is 5.16. The molecule has 94 valence electrons. The molecule has 0 fully saturated rings. The number of likely N-dealkylation sites (N-methyl/N-ethyl adjacent to an activating group) is 1. The molecule has 0 saturated carbocycles. The lowest BCUT2D eigenvalue weighted by Crippen LogP contribution is -2.25. The Morgan fingerprint density at radius 2 is 2.00 bits per heavy atom. The molecule has 0 atom stereocenters. The van der Waals surface area contributed by atoms with Crippen molar-refractivity contribution in [2.75, 3.05) is 20.7 Å². The van der Waals surface area contributed by atoms with Gasteiger partial charge in [-0.3, -0.25) is 0 Å². The van der Waals surface area contributed by atoms with E-state index in [1.54, 1.807) is 7.11 Å². The van der Waals surface area contributed by atoms with Crippen molar-refractivity contribution in [1.82, 2.24) is 14.7 Å². The Labute approximate surface area is 107 Å². The van der Waals surface area contributed by atoms with Crippen LogP contribution in [0.2, 0.25) is 0 Å². The fraction of sp³-hybridized carbons (Fsp3) is 0.357. The molecular formula is C14H17N3O. The Bertz CT molecular complexity index is 545. The van der Waals surface area contributed by atoms with Crippen molar-refractivity contribution in [3.63, 3.8) is 0 Å². The van der Waals surface area contributed by atoms with Crippen LogP contribution in [0.3, 0.4) is 0 Å². The maximum absolute atomic E-state index is 5.16. The van der Waals surface area contributed by atoms with E-state index in [4.69, 9.17) is 4.74 Å². The van der Waals surface area contributed by atoms with Crippen LogP contribution in [0.1, 0.15) is 11.3 Å². The van der Waals surface area contributed by atoms with E-state index in [0.29, 0.717) is 0 Å². The second-order valence-corrected chi connectivity index (χ2v) is 4.73. The number of ether oxygens (including phenoxy) is 1. The van der Waals surface area contributed by atoms with Crippen LogP contribution < -0.4 is 4.74 Å². The smallest absolute Gasteiger partial charge is 0.119 e. The van der Waals surface area contributed by atoms with Gasteiger partial charge in [-0.25, -0.2) is 4.68 Å². The normalized spacial score (nSPS) is 15.4. The van der Waals surface area contributed by atoms with Gasteiger partial charge in [0.05, 0.1) is 18.5 Å². The van der Waals surface area contributed by atoms with Gasteiger partial charge in [0.15, 0.2) is 0 Å². The molecule has 1 aromatic heterocycles. The van der Waals surface area contributed by atoms with Crippen LogP contribution in [0.5, 0.6) is 5.75 Å². The number of hydrogen-bond donors (Lipinski definition) is 0. The number of hydrogen-bond acceptors (Lipinski definition) is 3. The van der Waals surface area contributed by atoms with Crippen molar-refractivity contribution >= 4 is 0 Å². The number of rotatable bonds is 2. The molecule has 4 heteroatoms. The van der Waals surface area contributed by atoms with Gasteiger partial charge in [0.1, 0.15) is 5.75 Å². The second-order valence-electron chi connectivity index (χ2n) is 4.73. The maximum Gasteiger partial charge on any atom is 0.119 e. The van der Waals surface area contributed by atoms with Gasteiger partial charge < -0.3 is 9.64 Å². The predicted molar refractivity (Wildman–Crippen MR) is 70.2 cm³/mol. The molecule has 3 rings (SSSR count). The van der Waals surface area contributed by atoms with Gasteiger partial charge in [-0.15, -0.1) is 0 Å². The first kappa shape index (κ1) is 11.3. The molecule has 0 bridgehead atoms. The molecule has 2 aromatic rings. The minimum Gasteiger partial charge on any atom is -0.497 e. The summed E-state index contributed by atoms with van der Waals surface area (Å²) in [6, 6.07) is 7.98. The summed E-state index contributed by atoms with van der Waals surface area (Å²) in [5.41, 5.74) is 3.64. The number of fused-ring (bicyclic) bond motifs is 1. The van der Waals surface area contributed by atoms with Crippen molar-refractivity contribution in [3.8, 4) is 11.4 Å². The molecule has 0 saturated heterocycles. The topological polar surface area (TPSA) is 30.3 Å². The molecule has 1 aromatic carbocycles. The third-order valence-electron chi connectivity index (χ3n) is 3.38. The minimum atomic E-state index is 0.871. The van der Waals surface area contributed by atoms with Gasteiger partial charge >= 0.3 is 0 Å². The fourth-order valence-electron chi connectivity index (χ4n) is 2.32. The minimum absolute atomic E-state index is 0.871. The average molecular weight is 243 g/mol. The molecule has 0 amide bonds. The summed E-state index contributed by atoms with van der Waals surface area (Å²) in [7, 11) is 3.82. The third-order valence-corrected chi connectivity index (χ3v) is 3.38. The van der Waals surface area contributed by atoms with Crippen LogP contribution in [0, 0.1) is 0 Å². The van der Waals surface area contributed by atoms with E-state index < -0.39 is 0 Å². The van der Waals surface area contributed by atoms with Gasteiger partial charge in [-0.05, 0) is 31.3 Å². The SMILES string of the molecule is COc1ccc(-n2cc3c(n2)CCN(C)C3)cc1. The van der Waals surface area contributed by atoms with Gasteiger partial charge in [0.25, 0.3) is 0 Å². The first-order valence-electron chi connectivity index (χ1n) is 6.16. The Morgan fingerprint density at radius 3 is 2.72 bits per heavy atom.